The second-order valence-corrected chi connectivity index (χ2v) is 4.25. The SMILES string of the molecule is CC(C)C(=O)C(C)C.CCOCC.O=[P+](O)O. The van der Waals surface area contributed by atoms with Gasteiger partial charge in [-0.2, -0.15) is 0 Å². The molecule has 0 unspecified atom stereocenters. The molecule has 0 saturated carbocycles. The first-order chi connectivity index (χ1) is 7.70. The molecule has 0 radical (unpaired) electrons. The summed E-state index contributed by atoms with van der Waals surface area (Å²) in [5.41, 5.74) is 0. The molecule has 0 bridgehead atoms. The van der Waals surface area contributed by atoms with E-state index in [1.165, 1.54) is 0 Å². The van der Waals surface area contributed by atoms with E-state index in [0.29, 0.717) is 5.78 Å². The molecule has 0 heterocycles. The Hall–Kier alpha value is -0.350. The van der Waals surface area contributed by atoms with Crippen molar-refractivity contribution < 1.29 is 23.9 Å². The van der Waals surface area contributed by atoms with Crippen LogP contribution in [0.3, 0.4) is 0 Å². The summed E-state index contributed by atoms with van der Waals surface area (Å²) in [6.45, 7) is 13.4. The van der Waals surface area contributed by atoms with Crippen LogP contribution in [0, 0.1) is 11.8 Å². The zero-order chi connectivity index (χ0) is 14.4. The molecule has 2 N–H and O–H groups in total. The van der Waals surface area contributed by atoms with E-state index < -0.39 is 8.25 Å². The molecule has 0 aromatic rings. The quantitative estimate of drug-likeness (QED) is 0.766. The zero-order valence-corrected chi connectivity index (χ0v) is 12.5. The predicted molar refractivity (Wildman–Crippen MR) is 68.9 cm³/mol. The zero-order valence-electron chi connectivity index (χ0n) is 11.6. The summed E-state index contributed by atoms with van der Waals surface area (Å²) in [7, 11) is -2.87. The molecule has 0 aliphatic rings. The summed E-state index contributed by atoms with van der Waals surface area (Å²) in [6, 6.07) is 0. The number of carbonyl (C=O) groups is 1. The van der Waals surface area contributed by atoms with Crippen molar-refractivity contribution in [2.45, 2.75) is 41.5 Å². The molecule has 17 heavy (non-hydrogen) atoms. The Labute approximate surface area is 105 Å². The van der Waals surface area contributed by atoms with Gasteiger partial charge in [-0.3, -0.25) is 4.79 Å². The van der Waals surface area contributed by atoms with E-state index in [1.807, 2.05) is 41.5 Å². The highest BCUT2D eigenvalue weighted by molar-refractivity contribution is 7.30. The highest BCUT2D eigenvalue weighted by atomic mass is 31.1. The highest BCUT2D eigenvalue weighted by Crippen LogP contribution is 2.03. The summed E-state index contributed by atoms with van der Waals surface area (Å²) in [6.07, 6.45) is 0. The van der Waals surface area contributed by atoms with E-state index in [4.69, 9.17) is 19.1 Å². The van der Waals surface area contributed by atoms with Crippen molar-refractivity contribution in [2.24, 2.45) is 11.8 Å². The van der Waals surface area contributed by atoms with Crippen molar-refractivity contribution in [1.82, 2.24) is 0 Å². The van der Waals surface area contributed by atoms with Gasteiger partial charge in [0.25, 0.3) is 0 Å². The third-order valence-corrected chi connectivity index (χ3v) is 1.55. The standard InChI is InChI=1S/C7H14O.C4H10O.HO3P/c1-5(2)7(8)6(3)4;1-3-5-4-2;1-4(2)3/h5-6H,1-4H3;3-4H2,1-2H3;(H-,1,2,3)/p+1. The van der Waals surface area contributed by atoms with Gasteiger partial charge in [-0.1, -0.05) is 27.7 Å². The van der Waals surface area contributed by atoms with Crippen LogP contribution in [0.2, 0.25) is 0 Å². The van der Waals surface area contributed by atoms with Crippen molar-refractivity contribution in [3.05, 3.63) is 0 Å². The molecule has 0 aliphatic carbocycles. The van der Waals surface area contributed by atoms with Crippen LogP contribution in [-0.2, 0) is 14.1 Å². The van der Waals surface area contributed by atoms with Crippen LogP contribution in [-0.4, -0.2) is 28.8 Å². The summed E-state index contributed by atoms with van der Waals surface area (Å²) < 4.78 is 13.5. The monoisotopic (exact) mass is 269 g/mol. The maximum Gasteiger partial charge on any atom is 0.692 e. The minimum Gasteiger partial charge on any atom is -0.382 e. The average Bonchev–Trinajstić information content (AvgIpc) is 2.17. The summed E-state index contributed by atoms with van der Waals surface area (Å²) in [4.78, 5) is 25.1. The van der Waals surface area contributed by atoms with E-state index in [0.717, 1.165) is 13.2 Å². The van der Waals surface area contributed by atoms with Gasteiger partial charge >= 0.3 is 8.25 Å². The maximum atomic E-state index is 10.8. The molecule has 0 aromatic carbocycles. The number of carbonyl (C=O) groups excluding carboxylic acids is 1. The average molecular weight is 269 g/mol. The Balaban J connectivity index is -0.000000188. The fourth-order valence-electron chi connectivity index (χ4n) is 0.871. The molecule has 5 nitrogen and oxygen atoms in total. The lowest BCUT2D eigenvalue weighted by atomic mass is 9.99. The number of ketones is 1. The third-order valence-electron chi connectivity index (χ3n) is 1.55. The first-order valence-electron chi connectivity index (χ1n) is 5.67. The van der Waals surface area contributed by atoms with Gasteiger partial charge in [0.2, 0.25) is 0 Å². The molecule has 0 atom stereocenters. The lowest BCUT2D eigenvalue weighted by molar-refractivity contribution is -0.124. The number of hydrogen-bond acceptors (Lipinski definition) is 3. The van der Waals surface area contributed by atoms with Gasteiger partial charge in [-0.25, -0.2) is 0 Å². The Bertz CT molecular complexity index is 176. The van der Waals surface area contributed by atoms with Gasteiger partial charge in [-0.15, -0.1) is 9.79 Å². The number of ether oxygens (including phenoxy) is 1. The number of Topliss-reactive ketones (excluding diaryl/α,β-unsaturated/α-hetero) is 1. The van der Waals surface area contributed by atoms with Crippen molar-refractivity contribution in [3.8, 4) is 0 Å². The second-order valence-electron chi connectivity index (χ2n) is 3.75. The largest absolute Gasteiger partial charge is 0.692 e. The van der Waals surface area contributed by atoms with Gasteiger partial charge < -0.3 is 4.74 Å². The predicted octanol–water partition coefficient (Wildman–Crippen LogP) is 2.54. The van der Waals surface area contributed by atoms with Crippen LogP contribution < -0.4 is 0 Å². The second kappa shape index (κ2) is 15.6. The van der Waals surface area contributed by atoms with Gasteiger partial charge in [0.1, 0.15) is 5.78 Å². The fraction of sp³-hybridized carbons (Fsp3) is 0.909. The molecule has 0 rings (SSSR count). The Kier molecular flexibility index (Phi) is 20.1. The lowest BCUT2D eigenvalue weighted by Gasteiger charge is -2.05. The Morgan fingerprint density at radius 2 is 1.29 bits per heavy atom. The van der Waals surface area contributed by atoms with Crippen molar-refractivity contribution in [3.63, 3.8) is 0 Å². The smallest absolute Gasteiger partial charge is 0.382 e. The molecular weight excluding hydrogens is 243 g/mol. The Morgan fingerprint density at radius 1 is 1.06 bits per heavy atom. The molecule has 0 aromatic heterocycles. The normalized spacial score (nSPS) is 9.06. The van der Waals surface area contributed by atoms with Crippen LogP contribution >= 0.6 is 8.25 Å². The number of hydrogen-bond donors (Lipinski definition) is 2. The van der Waals surface area contributed by atoms with Crippen LogP contribution in [0.25, 0.3) is 0 Å². The first-order valence-corrected chi connectivity index (χ1v) is 6.83. The topological polar surface area (TPSA) is 83.8 Å². The summed E-state index contributed by atoms with van der Waals surface area (Å²) in [5, 5.41) is 0. The molecule has 0 saturated heterocycles. The van der Waals surface area contributed by atoms with E-state index in [2.05, 4.69) is 0 Å². The summed E-state index contributed by atoms with van der Waals surface area (Å²) in [5.74, 6) is 0.759. The molecule has 0 aliphatic heterocycles. The molecule has 0 spiro atoms. The molecule has 104 valence electrons. The van der Waals surface area contributed by atoms with E-state index in [-0.39, 0.29) is 11.8 Å². The highest BCUT2D eigenvalue weighted by Gasteiger charge is 2.09. The molecule has 0 amide bonds. The fourth-order valence-corrected chi connectivity index (χ4v) is 0.871. The van der Waals surface area contributed by atoms with Crippen LogP contribution in [0.5, 0.6) is 0 Å². The molecule has 0 fully saturated rings. The third kappa shape index (κ3) is 31.3. The van der Waals surface area contributed by atoms with Crippen molar-refractivity contribution in [2.75, 3.05) is 13.2 Å². The van der Waals surface area contributed by atoms with E-state index >= 15 is 0 Å². The molecular formula is C11H26O5P+. The van der Waals surface area contributed by atoms with E-state index in [9.17, 15) is 4.79 Å². The van der Waals surface area contributed by atoms with Crippen LogP contribution in [0.15, 0.2) is 0 Å². The van der Waals surface area contributed by atoms with Crippen LogP contribution in [0.4, 0.5) is 0 Å². The minimum absolute atomic E-state index is 0.204. The van der Waals surface area contributed by atoms with Gasteiger partial charge in [-0.05, 0) is 13.8 Å². The van der Waals surface area contributed by atoms with Crippen molar-refractivity contribution >= 4 is 14.0 Å². The van der Waals surface area contributed by atoms with E-state index in [1.54, 1.807) is 0 Å². The van der Waals surface area contributed by atoms with Crippen LogP contribution in [0.1, 0.15) is 41.5 Å². The number of rotatable bonds is 4. The summed E-state index contributed by atoms with van der Waals surface area (Å²) >= 11 is 0. The Morgan fingerprint density at radius 3 is 1.29 bits per heavy atom. The molecule has 6 heteroatoms. The maximum absolute atomic E-state index is 10.8. The van der Waals surface area contributed by atoms with Gasteiger partial charge in [0.15, 0.2) is 0 Å². The van der Waals surface area contributed by atoms with Gasteiger partial charge in [0.05, 0.1) is 0 Å². The lowest BCUT2D eigenvalue weighted by Crippen LogP contribution is -2.13. The first kappa shape index (κ1) is 21.9. The van der Waals surface area contributed by atoms with Crippen molar-refractivity contribution in [1.29, 1.82) is 0 Å². The minimum atomic E-state index is -2.87. The van der Waals surface area contributed by atoms with Gasteiger partial charge in [0, 0.05) is 29.6 Å².